The number of amides is 2. The molecule has 1 aromatic heterocycles. The van der Waals surface area contributed by atoms with Crippen LogP contribution in [0.3, 0.4) is 0 Å². The highest BCUT2D eigenvalue weighted by Crippen LogP contribution is 2.23. The summed E-state index contributed by atoms with van der Waals surface area (Å²) < 4.78 is 5.26. The molecular weight excluding hydrogens is 429 g/mol. The van der Waals surface area contributed by atoms with Crippen molar-refractivity contribution < 1.29 is 19.1 Å². The van der Waals surface area contributed by atoms with Crippen LogP contribution in [0, 0.1) is 5.92 Å². The van der Waals surface area contributed by atoms with E-state index in [0.717, 1.165) is 5.56 Å². The summed E-state index contributed by atoms with van der Waals surface area (Å²) in [5, 5.41) is 3.00. The summed E-state index contributed by atoms with van der Waals surface area (Å²) in [6.45, 7) is 2.26. The van der Waals surface area contributed by atoms with Gasteiger partial charge in [0.1, 0.15) is 0 Å². The van der Waals surface area contributed by atoms with Crippen molar-refractivity contribution in [2.75, 3.05) is 18.4 Å². The van der Waals surface area contributed by atoms with Crippen molar-refractivity contribution in [2.45, 2.75) is 25.9 Å². The molecule has 1 saturated heterocycles. The number of carbonyl (C=O) groups is 3. The second-order valence-electron chi connectivity index (χ2n) is 7.03. The number of pyridine rings is 1. The van der Waals surface area contributed by atoms with Gasteiger partial charge < -0.3 is 15.0 Å². The summed E-state index contributed by atoms with van der Waals surface area (Å²) in [5.74, 6) is -1.73. The third kappa shape index (κ3) is 5.70. The number of esters is 1. The van der Waals surface area contributed by atoms with E-state index in [1.165, 1.54) is 19.2 Å². The minimum absolute atomic E-state index is 0.0759. The zero-order valence-corrected chi connectivity index (χ0v) is 17.8. The third-order valence-electron chi connectivity index (χ3n) is 4.77. The van der Waals surface area contributed by atoms with Crippen LogP contribution in [-0.2, 0) is 25.5 Å². The van der Waals surface area contributed by atoms with Crippen LogP contribution in [0.15, 0.2) is 42.6 Å². The van der Waals surface area contributed by atoms with Crippen LogP contribution in [0.1, 0.15) is 18.9 Å². The number of ether oxygens (including phenoxy) is 1. The molecule has 3 rings (SSSR count). The van der Waals surface area contributed by atoms with E-state index in [0.29, 0.717) is 18.0 Å². The standard InChI is InChI=1S/C21H21Cl2N3O4/c1-13(20(28)25-19-17(23)10-16(22)11-24-19)30-21(29)15-9-18(27)26(12-15)8-7-14-5-3-2-4-6-14/h2-6,10-11,13,15H,7-9,12H2,1H3,(H,24,25,28)/t13-,15-/m0/s1. The van der Waals surface area contributed by atoms with Gasteiger partial charge in [0.15, 0.2) is 11.9 Å². The number of carbonyl (C=O) groups excluding carboxylic acids is 3. The van der Waals surface area contributed by atoms with Crippen molar-refractivity contribution in [1.29, 1.82) is 0 Å². The molecule has 0 aliphatic carbocycles. The number of likely N-dealkylation sites (tertiary alicyclic amines) is 1. The van der Waals surface area contributed by atoms with Crippen molar-refractivity contribution in [3.63, 3.8) is 0 Å². The summed E-state index contributed by atoms with van der Waals surface area (Å²) in [5.41, 5.74) is 1.12. The number of benzene rings is 1. The Kier molecular flexibility index (Phi) is 7.29. The lowest BCUT2D eigenvalue weighted by Gasteiger charge is -2.18. The van der Waals surface area contributed by atoms with E-state index >= 15 is 0 Å². The van der Waals surface area contributed by atoms with Crippen LogP contribution in [-0.4, -0.2) is 46.9 Å². The molecule has 2 amide bonds. The molecule has 1 N–H and O–H groups in total. The lowest BCUT2D eigenvalue weighted by Crippen LogP contribution is -2.34. The lowest BCUT2D eigenvalue weighted by atomic mass is 10.1. The first-order valence-corrected chi connectivity index (χ1v) is 10.2. The highest BCUT2D eigenvalue weighted by atomic mass is 35.5. The fourth-order valence-electron chi connectivity index (χ4n) is 3.10. The number of hydrogen-bond acceptors (Lipinski definition) is 5. The number of anilines is 1. The van der Waals surface area contributed by atoms with E-state index in [9.17, 15) is 14.4 Å². The summed E-state index contributed by atoms with van der Waals surface area (Å²) in [6.07, 6.45) is 1.06. The predicted octanol–water partition coefficient (Wildman–Crippen LogP) is 3.35. The minimum atomic E-state index is -1.07. The van der Waals surface area contributed by atoms with Gasteiger partial charge >= 0.3 is 5.97 Å². The monoisotopic (exact) mass is 449 g/mol. The van der Waals surface area contributed by atoms with Crippen LogP contribution in [0.25, 0.3) is 0 Å². The molecule has 0 unspecified atom stereocenters. The Bertz CT molecular complexity index is 939. The number of rotatable bonds is 7. The van der Waals surface area contributed by atoms with Crippen molar-refractivity contribution in [1.82, 2.24) is 9.88 Å². The lowest BCUT2D eigenvalue weighted by molar-refractivity contribution is -0.157. The van der Waals surface area contributed by atoms with Gasteiger partial charge in [-0.05, 0) is 25.0 Å². The summed E-state index contributed by atoms with van der Waals surface area (Å²) in [4.78, 5) is 42.6. The van der Waals surface area contributed by atoms with Gasteiger partial charge in [-0.3, -0.25) is 14.4 Å². The first-order chi connectivity index (χ1) is 14.3. The number of nitrogens with one attached hydrogen (secondary N) is 1. The summed E-state index contributed by atoms with van der Waals surface area (Å²) in [6, 6.07) is 11.3. The highest BCUT2D eigenvalue weighted by molar-refractivity contribution is 6.36. The molecule has 1 aliphatic heterocycles. The quantitative estimate of drug-likeness (QED) is 0.654. The molecule has 7 nitrogen and oxygen atoms in total. The van der Waals surface area contributed by atoms with E-state index in [1.807, 2.05) is 30.3 Å². The Morgan fingerprint density at radius 3 is 2.73 bits per heavy atom. The van der Waals surface area contributed by atoms with Gasteiger partial charge in [-0.15, -0.1) is 0 Å². The van der Waals surface area contributed by atoms with Gasteiger partial charge in [-0.1, -0.05) is 53.5 Å². The molecular formula is C21H21Cl2N3O4. The molecule has 1 fully saturated rings. The van der Waals surface area contributed by atoms with E-state index in [1.54, 1.807) is 4.90 Å². The molecule has 30 heavy (non-hydrogen) atoms. The molecule has 0 saturated carbocycles. The van der Waals surface area contributed by atoms with Crippen molar-refractivity contribution >= 4 is 46.8 Å². The maximum absolute atomic E-state index is 12.4. The van der Waals surface area contributed by atoms with Crippen molar-refractivity contribution in [3.8, 4) is 0 Å². The molecule has 158 valence electrons. The van der Waals surface area contributed by atoms with Gasteiger partial charge in [0, 0.05) is 25.7 Å². The van der Waals surface area contributed by atoms with E-state index < -0.39 is 23.9 Å². The van der Waals surface area contributed by atoms with Gasteiger partial charge in [0.2, 0.25) is 5.91 Å². The molecule has 2 atom stereocenters. The Morgan fingerprint density at radius 2 is 2.03 bits per heavy atom. The number of nitrogens with zero attached hydrogens (tertiary/aromatic N) is 2. The van der Waals surface area contributed by atoms with Crippen LogP contribution in [0.5, 0.6) is 0 Å². The number of halogens is 2. The average molecular weight is 450 g/mol. The first-order valence-electron chi connectivity index (χ1n) is 9.47. The smallest absolute Gasteiger partial charge is 0.312 e. The second kappa shape index (κ2) is 9.91. The van der Waals surface area contributed by atoms with Gasteiger partial charge in [0.05, 0.1) is 16.0 Å². The van der Waals surface area contributed by atoms with E-state index in [-0.39, 0.29) is 29.7 Å². The SMILES string of the molecule is C[C@H](OC(=O)[C@H]1CC(=O)N(CCc2ccccc2)C1)C(=O)Nc1ncc(Cl)cc1Cl. The zero-order chi connectivity index (χ0) is 21.7. The fourth-order valence-corrected chi connectivity index (χ4v) is 3.53. The number of aromatic nitrogens is 1. The maximum Gasteiger partial charge on any atom is 0.312 e. The normalized spacial score (nSPS) is 17.0. The van der Waals surface area contributed by atoms with Crippen LogP contribution in [0.2, 0.25) is 10.0 Å². The second-order valence-corrected chi connectivity index (χ2v) is 7.87. The minimum Gasteiger partial charge on any atom is -0.452 e. The van der Waals surface area contributed by atoms with Crippen molar-refractivity contribution in [3.05, 3.63) is 58.2 Å². The molecule has 1 aliphatic rings. The molecule has 0 radical (unpaired) electrons. The van der Waals surface area contributed by atoms with Gasteiger partial charge in [-0.25, -0.2) is 4.98 Å². The summed E-state index contributed by atoms with van der Waals surface area (Å²) in [7, 11) is 0. The first kappa shape index (κ1) is 22.1. The van der Waals surface area contributed by atoms with Crippen LogP contribution in [0.4, 0.5) is 5.82 Å². The molecule has 0 bridgehead atoms. The van der Waals surface area contributed by atoms with Crippen LogP contribution < -0.4 is 5.32 Å². The number of hydrogen-bond donors (Lipinski definition) is 1. The molecule has 2 aromatic rings. The molecule has 9 heteroatoms. The maximum atomic E-state index is 12.4. The Hall–Kier alpha value is -2.64. The van der Waals surface area contributed by atoms with Crippen LogP contribution >= 0.6 is 23.2 Å². The Morgan fingerprint density at radius 1 is 1.30 bits per heavy atom. The molecule has 1 aromatic carbocycles. The van der Waals surface area contributed by atoms with E-state index in [2.05, 4.69) is 10.3 Å². The predicted molar refractivity (Wildman–Crippen MR) is 113 cm³/mol. The summed E-state index contributed by atoms with van der Waals surface area (Å²) >= 11 is 11.8. The van der Waals surface area contributed by atoms with E-state index in [4.69, 9.17) is 27.9 Å². The fraction of sp³-hybridized carbons (Fsp3) is 0.333. The van der Waals surface area contributed by atoms with Crippen molar-refractivity contribution in [2.24, 2.45) is 5.92 Å². The third-order valence-corrected chi connectivity index (χ3v) is 5.27. The average Bonchev–Trinajstić information content (AvgIpc) is 3.10. The Labute approximate surface area is 184 Å². The topological polar surface area (TPSA) is 88.6 Å². The van der Waals surface area contributed by atoms with Gasteiger partial charge in [-0.2, -0.15) is 0 Å². The molecule has 2 heterocycles. The Balaban J connectivity index is 1.50. The highest BCUT2D eigenvalue weighted by Gasteiger charge is 2.36. The largest absolute Gasteiger partial charge is 0.452 e. The van der Waals surface area contributed by atoms with Gasteiger partial charge in [0.25, 0.3) is 5.91 Å². The molecule has 0 spiro atoms. The zero-order valence-electron chi connectivity index (χ0n) is 16.3.